The Morgan fingerprint density at radius 2 is 1.75 bits per heavy atom. The molecule has 0 spiro atoms. The lowest BCUT2D eigenvalue weighted by atomic mass is 9.99. The summed E-state index contributed by atoms with van der Waals surface area (Å²) in [5.41, 5.74) is 4.95. The normalized spacial score (nSPS) is 19.0. The Labute approximate surface area is 286 Å². The highest BCUT2D eigenvalue weighted by molar-refractivity contribution is 6.39. The number of benzene rings is 2. The zero-order valence-electron chi connectivity index (χ0n) is 26.6. The summed E-state index contributed by atoms with van der Waals surface area (Å²) in [6, 6.07) is 14.8. The van der Waals surface area contributed by atoms with Crippen molar-refractivity contribution in [1.82, 2.24) is 24.4 Å². The first-order valence-electron chi connectivity index (χ1n) is 15.7. The van der Waals surface area contributed by atoms with Crippen molar-refractivity contribution in [1.29, 1.82) is 0 Å². The summed E-state index contributed by atoms with van der Waals surface area (Å²) in [5.74, 6) is 0.798. The summed E-state index contributed by atoms with van der Waals surface area (Å²) in [6.07, 6.45) is 3.40. The first kappa shape index (κ1) is 32.3. The molecule has 0 saturated carbocycles. The van der Waals surface area contributed by atoms with Gasteiger partial charge in [-0.25, -0.2) is 14.8 Å². The van der Waals surface area contributed by atoms with Gasteiger partial charge in [-0.1, -0.05) is 53.5 Å². The number of aliphatic hydroxyl groups excluding tert-OH is 1. The molecule has 0 bridgehead atoms. The largest absolute Gasteiger partial charge is 0.481 e. The minimum atomic E-state index is -0.561. The molecular formula is C35H34Cl2N6O5. The Morgan fingerprint density at radius 1 is 1.00 bits per heavy atom. The van der Waals surface area contributed by atoms with Gasteiger partial charge in [-0.2, -0.15) is 0 Å². The van der Waals surface area contributed by atoms with E-state index in [0.717, 1.165) is 40.5 Å². The van der Waals surface area contributed by atoms with Crippen LogP contribution < -0.4 is 26.6 Å². The molecule has 1 aliphatic carbocycles. The van der Waals surface area contributed by atoms with Crippen LogP contribution in [0.25, 0.3) is 33.3 Å². The molecule has 248 valence electrons. The van der Waals surface area contributed by atoms with E-state index in [2.05, 4.69) is 21.7 Å². The van der Waals surface area contributed by atoms with E-state index < -0.39 is 17.4 Å². The number of nitrogens with one attached hydrogen (secondary N) is 2. The average molecular weight is 690 g/mol. The number of anilines is 2. The van der Waals surface area contributed by atoms with Crippen molar-refractivity contribution in [3.8, 4) is 28.3 Å². The lowest BCUT2D eigenvalue weighted by Gasteiger charge is -2.31. The maximum atomic E-state index is 13.1. The van der Waals surface area contributed by atoms with Crippen molar-refractivity contribution in [3.05, 3.63) is 96.7 Å². The van der Waals surface area contributed by atoms with Gasteiger partial charge in [0, 0.05) is 61.2 Å². The number of fused-ring (bicyclic) bond motifs is 2. The number of halogens is 2. The number of rotatable bonds is 7. The molecule has 3 atom stereocenters. The monoisotopic (exact) mass is 688 g/mol. The summed E-state index contributed by atoms with van der Waals surface area (Å²) in [6.45, 7) is 0.939. The van der Waals surface area contributed by atoms with Crippen molar-refractivity contribution in [2.24, 2.45) is 14.1 Å². The van der Waals surface area contributed by atoms with Gasteiger partial charge in [-0.05, 0) is 43.0 Å². The highest BCUT2D eigenvalue weighted by atomic mass is 35.5. The fourth-order valence-corrected chi connectivity index (χ4v) is 7.36. The van der Waals surface area contributed by atoms with Crippen LogP contribution >= 0.6 is 23.2 Å². The number of nitrogens with zero attached hydrogens (tertiary/aromatic N) is 4. The number of hydrogen-bond donors (Lipinski definition) is 3. The lowest BCUT2D eigenvalue weighted by molar-refractivity contribution is -0.0304. The van der Waals surface area contributed by atoms with Crippen molar-refractivity contribution in [3.63, 3.8) is 0 Å². The van der Waals surface area contributed by atoms with E-state index in [9.17, 15) is 14.7 Å². The molecule has 1 aliphatic heterocycles. The highest BCUT2D eigenvalue weighted by Crippen LogP contribution is 2.44. The summed E-state index contributed by atoms with van der Waals surface area (Å²) in [5, 5.41) is 18.4. The molecule has 7 rings (SSSR count). The van der Waals surface area contributed by atoms with Gasteiger partial charge in [-0.15, -0.1) is 0 Å². The van der Waals surface area contributed by atoms with Crippen LogP contribution in [0.4, 0.5) is 11.5 Å². The fraction of sp³-hybridized carbons (Fsp3) is 0.314. The molecule has 0 amide bonds. The molecule has 48 heavy (non-hydrogen) atoms. The quantitative estimate of drug-likeness (QED) is 0.212. The van der Waals surface area contributed by atoms with E-state index in [1.54, 1.807) is 26.3 Å². The number of methoxy groups -OCH3 is 1. The standard InChI is InChI=1S/C35H34Cl2N6O5/c1-42-26-12-14-38-32(29(26)34(45)43(2)35(42)46)40-24-9-5-7-20(31(24)37)19-6-4-8-21(30(19)36)25-16-18-10-11-23(28(18)33(41-25)47-3)39-22-13-15-48-17-27(22)44/h4-9,12,14,16,22-23,27,39,44H,10-11,13,15,17H2,1-3H3,(H,38,40)/t22-,23+,27+/m1/s1. The van der Waals surface area contributed by atoms with Crippen molar-refractivity contribution in [2.75, 3.05) is 25.6 Å². The van der Waals surface area contributed by atoms with Gasteiger partial charge in [-0.3, -0.25) is 13.9 Å². The second kappa shape index (κ2) is 13.0. The zero-order chi connectivity index (χ0) is 33.7. The van der Waals surface area contributed by atoms with Gasteiger partial charge in [0.05, 0.1) is 46.8 Å². The molecule has 1 saturated heterocycles. The summed E-state index contributed by atoms with van der Waals surface area (Å²) in [7, 11) is 4.65. The van der Waals surface area contributed by atoms with E-state index >= 15 is 0 Å². The second-order valence-electron chi connectivity index (χ2n) is 12.1. The molecular weight excluding hydrogens is 655 g/mol. The Kier molecular flexibility index (Phi) is 8.73. The third-order valence-corrected chi connectivity index (χ3v) is 10.1. The molecule has 2 aromatic carbocycles. The van der Waals surface area contributed by atoms with Gasteiger partial charge >= 0.3 is 5.69 Å². The minimum Gasteiger partial charge on any atom is -0.481 e. The topological polar surface area (TPSA) is 133 Å². The maximum Gasteiger partial charge on any atom is 0.330 e. The first-order valence-corrected chi connectivity index (χ1v) is 16.4. The summed E-state index contributed by atoms with van der Waals surface area (Å²) >= 11 is 14.1. The Hall–Kier alpha value is -4.26. The molecule has 2 aliphatic rings. The minimum absolute atomic E-state index is 0.00592. The highest BCUT2D eigenvalue weighted by Gasteiger charge is 2.33. The first-order chi connectivity index (χ1) is 23.2. The van der Waals surface area contributed by atoms with Crippen molar-refractivity contribution < 1.29 is 14.6 Å². The Morgan fingerprint density at radius 3 is 2.52 bits per heavy atom. The average Bonchev–Trinajstić information content (AvgIpc) is 3.50. The van der Waals surface area contributed by atoms with Crippen molar-refractivity contribution >= 4 is 45.6 Å². The van der Waals surface area contributed by atoms with Crippen LogP contribution in [-0.4, -0.2) is 56.7 Å². The second-order valence-corrected chi connectivity index (χ2v) is 12.9. The van der Waals surface area contributed by atoms with E-state index in [4.69, 9.17) is 37.7 Å². The van der Waals surface area contributed by atoms with Crippen LogP contribution in [0, 0.1) is 0 Å². The summed E-state index contributed by atoms with van der Waals surface area (Å²) in [4.78, 5) is 34.9. The van der Waals surface area contributed by atoms with Crippen LogP contribution in [0.1, 0.15) is 30.0 Å². The third kappa shape index (κ3) is 5.55. The number of aromatic nitrogens is 4. The maximum absolute atomic E-state index is 13.1. The van der Waals surface area contributed by atoms with Gasteiger partial charge < -0.3 is 25.2 Å². The number of aliphatic hydroxyl groups is 1. The summed E-state index contributed by atoms with van der Waals surface area (Å²) < 4.78 is 13.7. The molecule has 13 heteroatoms. The van der Waals surface area contributed by atoms with Crippen LogP contribution in [0.5, 0.6) is 5.88 Å². The number of hydrogen-bond acceptors (Lipinski definition) is 9. The van der Waals surface area contributed by atoms with E-state index in [1.807, 2.05) is 30.3 Å². The van der Waals surface area contributed by atoms with Gasteiger partial charge in [0.1, 0.15) is 11.2 Å². The molecule has 4 heterocycles. The van der Waals surface area contributed by atoms with Crippen LogP contribution in [0.2, 0.25) is 10.0 Å². The number of aryl methyl sites for hydroxylation is 2. The molecule has 3 aromatic heterocycles. The molecule has 11 nitrogen and oxygen atoms in total. The van der Waals surface area contributed by atoms with Crippen molar-refractivity contribution in [2.45, 2.75) is 37.5 Å². The Bertz CT molecular complexity index is 2180. The predicted octanol–water partition coefficient (Wildman–Crippen LogP) is 5.15. The molecule has 0 radical (unpaired) electrons. The van der Waals surface area contributed by atoms with Gasteiger partial charge in [0.25, 0.3) is 5.56 Å². The van der Waals surface area contributed by atoms with Crippen LogP contribution in [0.3, 0.4) is 0 Å². The van der Waals surface area contributed by atoms with Crippen LogP contribution in [-0.2, 0) is 25.3 Å². The number of pyridine rings is 2. The molecule has 0 unspecified atom stereocenters. The predicted molar refractivity (Wildman–Crippen MR) is 187 cm³/mol. The van der Waals surface area contributed by atoms with Crippen LogP contribution in [0.15, 0.2) is 64.3 Å². The molecule has 5 aromatic rings. The molecule has 3 N–H and O–H groups in total. The Balaban J connectivity index is 1.24. The van der Waals surface area contributed by atoms with E-state index in [1.165, 1.54) is 17.8 Å². The SMILES string of the molecule is COc1nc(-c2cccc(-c3cccc(Nc4nccc5c4c(=O)n(C)c(=O)n5C)c3Cl)c2Cl)cc2c1[C@@H](N[C@@H]1CCOC[C@@H]1O)CC2. The molecule has 1 fully saturated rings. The third-order valence-electron chi connectivity index (χ3n) is 9.29. The number of ether oxygens (including phenoxy) is 2. The smallest absolute Gasteiger partial charge is 0.330 e. The van der Waals surface area contributed by atoms with Gasteiger partial charge in [0.15, 0.2) is 0 Å². The van der Waals surface area contributed by atoms with Gasteiger partial charge in [0.2, 0.25) is 5.88 Å². The lowest BCUT2D eigenvalue weighted by Crippen LogP contribution is -2.47. The zero-order valence-corrected chi connectivity index (χ0v) is 28.1. The fourth-order valence-electron chi connectivity index (χ4n) is 6.76. The van der Waals surface area contributed by atoms with E-state index in [0.29, 0.717) is 57.2 Å². The van der Waals surface area contributed by atoms with E-state index in [-0.39, 0.29) is 23.3 Å².